The van der Waals surface area contributed by atoms with Gasteiger partial charge in [-0.3, -0.25) is 24.0 Å². The van der Waals surface area contributed by atoms with Crippen LogP contribution in [0, 0.1) is 10.1 Å². The highest BCUT2D eigenvalue weighted by atomic mass is 35.5. The van der Waals surface area contributed by atoms with Gasteiger partial charge in [0.15, 0.2) is 0 Å². The van der Waals surface area contributed by atoms with Gasteiger partial charge in [0.1, 0.15) is 12.6 Å². The smallest absolute Gasteiger partial charge is 0.271 e. The van der Waals surface area contributed by atoms with Crippen LogP contribution < -0.4 is 9.62 Å². The fraction of sp³-hybridized carbons (Fsp3) is 0.440. The van der Waals surface area contributed by atoms with Gasteiger partial charge in [0, 0.05) is 40.3 Å². The molecular weight excluding hydrogens is 555 g/mol. The van der Waals surface area contributed by atoms with Crippen molar-refractivity contribution in [3.05, 3.63) is 68.2 Å². The van der Waals surface area contributed by atoms with Gasteiger partial charge in [-0.1, -0.05) is 55.1 Å². The molecule has 1 saturated carbocycles. The van der Waals surface area contributed by atoms with Crippen LogP contribution in [0.15, 0.2) is 42.5 Å². The lowest BCUT2D eigenvalue weighted by atomic mass is 10.1. The van der Waals surface area contributed by atoms with E-state index in [-0.39, 0.29) is 36.3 Å². The van der Waals surface area contributed by atoms with Gasteiger partial charge in [-0.25, -0.2) is 8.42 Å². The lowest BCUT2D eigenvalue weighted by Crippen LogP contribution is -2.53. The highest BCUT2D eigenvalue weighted by Gasteiger charge is 2.34. The fourth-order valence-electron chi connectivity index (χ4n) is 4.52. The second-order valence-corrected chi connectivity index (χ2v) is 11.9. The number of hydrogen-bond acceptors (Lipinski definition) is 6. The number of halogens is 2. The Kier molecular flexibility index (Phi) is 9.97. The number of rotatable bonds is 11. The number of nitro benzene ring substituents is 1. The molecule has 1 aliphatic rings. The minimum absolute atomic E-state index is 0.00906. The first-order valence-corrected chi connectivity index (χ1v) is 14.8. The number of carbonyl (C=O) groups excluding carboxylic acids is 2. The third kappa shape index (κ3) is 7.36. The van der Waals surface area contributed by atoms with E-state index in [1.807, 2.05) is 0 Å². The Morgan fingerprint density at radius 1 is 1.13 bits per heavy atom. The topological polar surface area (TPSA) is 130 Å². The van der Waals surface area contributed by atoms with Gasteiger partial charge >= 0.3 is 0 Å². The summed E-state index contributed by atoms with van der Waals surface area (Å²) in [6.07, 6.45) is 4.86. The van der Waals surface area contributed by atoms with Gasteiger partial charge in [0.2, 0.25) is 21.8 Å². The minimum atomic E-state index is -4.04. The van der Waals surface area contributed by atoms with Crippen LogP contribution in [0.4, 0.5) is 11.4 Å². The second kappa shape index (κ2) is 12.8. The first kappa shape index (κ1) is 29.7. The zero-order valence-electron chi connectivity index (χ0n) is 21.1. The summed E-state index contributed by atoms with van der Waals surface area (Å²) in [6, 6.07) is 8.94. The van der Waals surface area contributed by atoms with E-state index in [1.54, 1.807) is 25.1 Å². The van der Waals surface area contributed by atoms with Gasteiger partial charge < -0.3 is 10.2 Å². The molecule has 206 valence electrons. The van der Waals surface area contributed by atoms with Gasteiger partial charge in [-0.05, 0) is 37.5 Å². The van der Waals surface area contributed by atoms with E-state index < -0.39 is 33.4 Å². The van der Waals surface area contributed by atoms with Crippen LogP contribution in [0.1, 0.15) is 44.6 Å². The molecule has 0 unspecified atom stereocenters. The van der Waals surface area contributed by atoms with Crippen molar-refractivity contribution in [2.45, 2.75) is 57.7 Å². The average molecular weight is 586 g/mol. The average Bonchev–Trinajstić information content (AvgIpc) is 3.36. The standard InChI is InChI=1S/C25H30Cl2N4O6S/c1-3-23(25(33)28-17-8-4-5-9-17)29(15-20-21(26)12-7-13-22(20)27)24(32)16-30(38(2,36)37)18-10-6-11-19(14-18)31(34)35/h6-7,10-14,17,23H,3-5,8-9,15-16H2,1-2H3,(H,28,33)/t23-/m0/s1. The summed E-state index contributed by atoms with van der Waals surface area (Å²) in [5, 5.41) is 14.9. The van der Waals surface area contributed by atoms with E-state index in [2.05, 4.69) is 5.32 Å². The van der Waals surface area contributed by atoms with E-state index in [0.29, 0.717) is 15.6 Å². The largest absolute Gasteiger partial charge is 0.352 e. The Morgan fingerprint density at radius 2 is 1.74 bits per heavy atom. The van der Waals surface area contributed by atoms with E-state index >= 15 is 0 Å². The molecule has 2 aromatic carbocycles. The molecule has 0 bridgehead atoms. The van der Waals surface area contributed by atoms with Crippen molar-refractivity contribution in [3.63, 3.8) is 0 Å². The van der Waals surface area contributed by atoms with Crippen LogP contribution in [0.5, 0.6) is 0 Å². The summed E-state index contributed by atoms with van der Waals surface area (Å²) in [4.78, 5) is 39.0. The number of carbonyl (C=O) groups is 2. The monoisotopic (exact) mass is 584 g/mol. The number of anilines is 1. The molecule has 1 N–H and O–H groups in total. The first-order chi connectivity index (χ1) is 17.9. The molecule has 3 rings (SSSR count). The molecule has 1 fully saturated rings. The summed E-state index contributed by atoms with van der Waals surface area (Å²) in [5.74, 6) is -1.04. The fourth-order valence-corrected chi connectivity index (χ4v) is 5.87. The highest BCUT2D eigenvalue weighted by Crippen LogP contribution is 2.28. The third-order valence-corrected chi connectivity index (χ3v) is 8.33. The van der Waals surface area contributed by atoms with Crippen molar-refractivity contribution >= 4 is 56.4 Å². The molecule has 0 heterocycles. The number of nitro groups is 1. The number of nitrogens with zero attached hydrogens (tertiary/aromatic N) is 3. The Bertz CT molecular complexity index is 1280. The summed E-state index contributed by atoms with van der Waals surface area (Å²) in [5.41, 5.74) is 0.0393. The van der Waals surface area contributed by atoms with Crippen LogP contribution >= 0.6 is 23.2 Å². The molecule has 2 aromatic rings. The second-order valence-electron chi connectivity index (χ2n) is 9.18. The van der Waals surface area contributed by atoms with E-state index in [0.717, 1.165) is 42.3 Å². The van der Waals surface area contributed by atoms with Crippen LogP contribution in [-0.2, 0) is 26.2 Å². The van der Waals surface area contributed by atoms with Crippen molar-refractivity contribution in [2.75, 3.05) is 17.1 Å². The number of hydrogen-bond donors (Lipinski definition) is 1. The third-order valence-electron chi connectivity index (χ3n) is 6.49. The number of benzene rings is 2. The Labute approximate surface area is 232 Å². The Hall–Kier alpha value is -2.89. The molecule has 1 aliphatic carbocycles. The molecule has 0 spiro atoms. The molecule has 2 amide bonds. The molecule has 0 saturated heterocycles. The number of non-ortho nitro benzene ring substituents is 1. The molecule has 38 heavy (non-hydrogen) atoms. The highest BCUT2D eigenvalue weighted by molar-refractivity contribution is 7.92. The Balaban J connectivity index is 1.99. The van der Waals surface area contributed by atoms with E-state index in [4.69, 9.17) is 23.2 Å². The SMILES string of the molecule is CC[C@@H](C(=O)NC1CCCC1)N(Cc1c(Cl)cccc1Cl)C(=O)CN(c1cccc([N+](=O)[O-])c1)S(C)(=O)=O. The molecule has 0 radical (unpaired) electrons. The normalized spacial score (nSPS) is 14.6. The van der Waals surface area contributed by atoms with Crippen LogP contribution in [-0.4, -0.2) is 54.9 Å². The number of sulfonamides is 1. The molecular formula is C25H30Cl2N4O6S. The maximum Gasteiger partial charge on any atom is 0.271 e. The number of amides is 2. The molecule has 13 heteroatoms. The van der Waals surface area contributed by atoms with Crippen LogP contribution in [0.2, 0.25) is 10.0 Å². The minimum Gasteiger partial charge on any atom is -0.352 e. The van der Waals surface area contributed by atoms with Crippen molar-refractivity contribution in [2.24, 2.45) is 0 Å². The maximum atomic E-state index is 13.8. The predicted octanol–water partition coefficient (Wildman–Crippen LogP) is 4.53. The van der Waals surface area contributed by atoms with Gasteiger partial charge in [0.25, 0.3) is 5.69 Å². The maximum absolute atomic E-state index is 13.8. The summed E-state index contributed by atoms with van der Waals surface area (Å²) < 4.78 is 26.2. The molecule has 10 nitrogen and oxygen atoms in total. The summed E-state index contributed by atoms with van der Waals surface area (Å²) >= 11 is 12.7. The zero-order chi connectivity index (χ0) is 28.0. The molecule has 0 aromatic heterocycles. The van der Waals surface area contributed by atoms with Crippen molar-refractivity contribution < 1.29 is 22.9 Å². The van der Waals surface area contributed by atoms with Gasteiger partial charge in [-0.15, -0.1) is 0 Å². The van der Waals surface area contributed by atoms with Crippen LogP contribution in [0.25, 0.3) is 0 Å². The number of nitrogens with one attached hydrogen (secondary N) is 1. The quantitative estimate of drug-likeness (QED) is 0.305. The lowest BCUT2D eigenvalue weighted by molar-refractivity contribution is -0.384. The van der Waals surface area contributed by atoms with Crippen molar-refractivity contribution in [1.82, 2.24) is 10.2 Å². The predicted molar refractivity (Wildman–Crippen MR) is 147 cm³/mol. The Morgan fingerprint density at radius 3 is 2.29 bits per heavy atom. The zero-order valence-corrected chi connectivity index (χ0v) is 23.4. The summed E-state index contributed by atoms with van der Waals surface area (Å²) in [6.45, 7) is 0.929. The van der Waals surface area contributed by atoms with Crippen molar-refractivity contribution in [3.8, 4) is 0 Å². The lowest BCUT2D eigenvalue weighted by Gasteiger charge is -2.33. The first-order valence-electron chi connectivity index (χ1n) is 12.2. The van der Waals surface area contributed by atoms with Gasteiger partial charge in [-0.2, -0.15) is 0 Å². The summed E-state index contributed by atoms with van der Waals surface area (Å²) in [7, 11) is -4.04. The molecule has 0 aliphatic heterocycles. The van der Waals surface area contributed by atoms with E-state index in [9.17, 15) is 28.1 Å². The van der Waals surface area contributed by atoms with E-state index in [1.165, 1.54) is 23.1 Å². The van der Waals surface area contributed by atoms with Crippen LogP contribution in [0.3, 0.4) is 0 Å². The van der Waals surface area contributed by atoms with Gasteiger partial charge in [0.05, 0.1) is 16.9 Å². The van der Waals surface area contributed by atoms with Crippen molar-refractivity contribution in [1.29, 1.82) is 0 Å². The molecule has 1 atom stereocenters.